The highest BCUT2D eigenvalue weighted by atomic mass is 79.9. The molecule has 2 rings (SSSR count). The van der Waals surface area contributed by atoms with Crippen LogP contribution in [0.15, 0.2) is 18.7 Å². The SMILES string of the molecule is Nc1nc2c(Br)c(S)c(N)nc2c(Br)c1S. The van der Waals surface area contributed by atoms with E-state index >= 15 is 0 Å². The van der Waals surface area contributed by atoms with Crippen molar-refractivity contribution >= 4 is 79.8 Å². The minimum atomic E-state index is 0.322. The van der Waals surface area contributed by atoms with Gasteiger partial charge in [-0.15, -0.1) is 25.3 Å². The van der Waals surface area contributed by atoms with Gasteiger partial charge in [-0.25, -0.2) is 9.97 Å². The van der Waals surface area contributed by atoms with E-state index in [4.69, 9.17) is 11.5 Å². The Morgan fingerprint density at radius 1 is 0.812 bits per heavy atom. The zero-order valence-electron chi connectivity index (χ0n) is 7.70. The van der Waals surface area contributed by atoms with Crippen LogP contribution in [-0.2, 0) is 0 Å². The number of nitrogens with two attached hydrogens (primary N) is 2. The Morgan fingerprint density at radius 2 is 1.12 bits per heavy atom. The van der Waals surface area contributed by atoms with Crippen LogP contribution in [-0.4, -0.2) is 9.97 Å². The van der Waals surface area contributed by atoms with Crippen molar-refractivity contribution < 1.29 is 0 Å². The van der Waals surface area contributed by atoms with Crippen molar-refractivity contribution in [3.63, 3.8) is 0 Å². The first-order chi connectivity index (χ1) is 7.43. The number of rotatable bonds is 0. The molecule has 0 unspecified atom stereocenters. The molecule has 0 aliphatic heterocycles. The number of halogens is 2. The molecule has 2 heterocycles. The molecule has 4 N–H and O–H groups in total. The van der Waals surface area contributed by atoms with E-state index in [1.165, 1.54) is 0 Å². The quantitative estimate of drug-likeness (QED) is 0.529. The van der Waals surface area contributed by atoms with Gasteiger partial charge in [0.15, 0.2) is 0 Å². The van der Waals surface area contributed by atoms with E-state index in [1.54, 1.807) is 0 Å². The molecule has 0 spiro atoms. The topological polar surface area (TPSA) is 77.8 Å². The van der Waals surface area contributed by atoms with Gasteiger partial charge < -0.3 is 11.5 Å². The van der Waals surface area contributed by atoms with E-state index in [0.29, 0.717) is 41.4 Å². The Morgan fingerprint density at radius 3 is 1.44 bits per heavy atom. The van der Waals surface area contributed by atoms with Gasteiger partial charge in [-0.05, 0) is 31.9 Å². The Balaban J connectivity index is 3.02. The van der Waals surface area contributed by atoms with Crippen LogP contribution in [0.3, 0.4) is 0 Å². The van der Waals surface area contributed by atoms with Gasteiger partial charge in [-0.1, -0.05) is 0 Å². The molecule has 0 saturated heterocycles. The molecule has 4 nitrogen and oxygen atoms in total. The van der Waals surface area contributed by atoms with Gasteiger partial charge >= 0.3 is 0 Å². The van der Waals surface area contributed by atoms with E-state index in [2.05, 4.69) is 67.1 Å². The Bertz CT molecular complexity index is 549. The Hall–Kier alpha value is -0.180. The molecule has 0 atom stereocenters. The molecule has 0 bridgehead atoms. The minimum Gasteiger partial charge on any atom is -0.383 e. The lowest BCUT2D eigenvalue weighted by Gasteiger charge is -2.09. The van der Waals surface area contributed by atoms with Crippen molar-refractivity contribution in [3.05, 3.63) is 8.95 Å². The third-order valence-electron chi connectivity index (χ3n) is 2.01. The van der Waals surface area contributed by atoms with Crippen LogP contribution < -0.4 is 11.5 Å². The second-order valence-corrected chi connectivity index (χ2v) is 5.50. The van der Waals surface area contributed by atoms with Crippen LogP contribution in [0, 0.1) is 0 Å². The summed E-state index contributed by atoms with van der Waals surface area (Å²) < 4.78 is 1.33. The van der Waals surface area contributed by atoms with Crippen LogP contribution in [0.4, 0.5) is 11.6 Å². The van der Waals surface area contributed by atoms with E-state index in [0.717, 1.165) is 0 Å². The fourth-order valence-electron chi connectivity index (χ4n) is 1.21. The van der Waals surface area contributed by atoms with Gasteiger partial charge in [0.1, 0.15) is 22.7 Å². The predicted octanol–water partition coefficient (Wildman–Crippen LogP) is 2.90. The van der Waals surface area contributed by atoms with E-state index in [-0.39, 0.29) is 0 Å². The number of fused-ring (bicyclic) bond motifs is 1. The second-order valence-electron chi connectivity index (χ2n) is 3.02. The first-order valence-corrected chi connectivity index (χ1v) is 6.53. The highest BCUT2D eigenvalue weighted by molar-refractivity contribution is 9.11. The number of pyridine rings is 2. The second kappa shape index (κ2) is 4.25. The Labute approximate surface area is 119 Å². The normalized spacial score (nSPS) is 11.0. The molecule has 0 radical (unpaired) electrons. The summed E-state index contributed by atoms with van der Waals surface area (Å²) in [5.74, 6) is 0.644. The maximum atomic E-state index is 5.72. The summed E-state index contributed by atoms with van der Waals surface area (Å²) in [7, 11) is 0. The largest absolute Gasteiger partial charge is 0.383 e. The number of nitrogen functional groups attached to an aromatic ring is 2. The van der Waals surface area contributed by atoms with Crippen LogP contribution >= 0.6 is 57.1 Å². The maximum absolute atomic E-state index is 5.72. The number of thiol groups is 2. The first-order valence-electron chi connectivity index (χ1n) is 4.05. The van der Waals surface area contributed by atoms with Crippen molar-refractivity contribution in [2.45, 2.75) is 9.79 Å². The number of nitrogens with zero attached hydrogens (tertiary/aromatic N) is 2. The maximum Gasteiger partial charge on any atom is 0.138 e. The zero-order valence-corrected chi connectivity index (χ0v) is 12.7. The van der Waals surface area contributed by atoms with Crippen molar-refractivity contribution in [1.82, 2.24) is 9.97 Å². The lowest BCUT2D eigenvalue weighted by Crippen LogP contribution is -2.00. The van der Waals surface area contributed by atoms with Crippen molar-refractivity contribution in [3.8, 4) is 0 Å². The summed E-state index contributed by atoms with van der Waals surface area (Å²) in [6.45, 7) is 0. The van der Waals surface area contributed by atoms with Crippen LogP contribution in [0.2, 0.25) is 0 Å². The average Bonchev–Trinajstić information content (AvgIpc) is 2.25. The number of hydrogen-bond donors (Lipinski definition) is 4. The summed E-state index contributed by atoms with van der Waals surface area (Å²) in [5.41, 5.74) is 12.6. The number of hydrogen-bond acceptors (Lipinski definition) is 6. The van der Waals surface area contributed by atoms with E-state index < -0.39 is 0 Å². The summed E-state index contributed by atoms with van der Waals surface area (Å²) in [6, 6.07) is 0. The molecule has 0 saturated carbocycles. The highest BCUT2D eigenvalue weighted by Crippen LogP contribution is 2.38. The summed E-state index contributed by atoms with van der Waals surface area (Å²) in [5, 5.41) is 0. The molecular formula is C8H6Br2N4S2. The van der Waals surface area contributed by atoms with E-state index in [9.17, 15) is 0 Å². The minimum absolute atomic E-state index is 0.322. The summed E-state index contributed by atoms with van der Waals surface area (Å²) >= 11 is 15.2. The van der Waals surface area contributed by atoms with Gasteiger partial charge in [0.05, 0.1) is 18.7 Å². The molecule has 0 aliphatic rings. The lowest BCUT2D eigenvalue weighted by molar-refractivity contribution is 1.21. The van der Waals surface area contributed by atoms with Gasteiger partial charge in [0.2, 0.25) is 0 Å². The Kier molecular flexibility index (Phi) is 3.26. The predicted molar refractivity (Wildman–Crippen MR) is 78.3 cm³/mol. The summed E-state index contributed by atoms with van der Waals surface area (Å²) in [6.07, 6.45) is 0. The molecular weight excluding hydrogens is 376 g/mol. The van der Waals surface area contributed by atoms with Crippen molar-refractivity contribution in [2.24, 2.45) is 0 Å². The van der Waals surface area contributed by atoms with Crippen molar-refractivity contribution in [1.29, 1.82) is 0 Å². The molecule has 2 aromatic rings. The molecule has 0 amide bonds. The average molecular weight is 382 g/mol. The van der Waals surface area contributed by atoms with Crippen molar-refractivity contribution in [2.75, 3.05) is 11.5 Å². The monoisotopic (exact) mass is 380 g/mol. The molecule has 8 heteroatoms. The smallest absolute Gasteiger partial charge is 0.138 e. The number of aromatic nitrogens is 2. The van der Waals surface area contributed by atoms with Crippen LogP contribution in [0.1, 0.15) is 0 Å². The fourth-order valence-corrected chi connectivity index (χ4v) is 2.48. The number of anilines is 2. The van der Waals surface area contributed by atoms with Gasteiger partial charge in [0, 0.05) is 0 Å². The fraction of sp³-hybridized carbons (Fsp3) is 0. The lowest BCUT2D eigenvalue weighted by atomic mass is 10.3. The van der Waals surface area contributed by atoms with Crippen LogP contribution in [0.25, 0.3) is 11.0 Å². The third-order valence-corrected chi connectivity index (χ3v) is 5.07. The molecule has 0 aromatic carbocycles. The van der Waals surface area contributed by atoms with Crippen LogP contribution in [0.5, 0.6) is 0 Å². The van der Waals surface area contributed by atoms with Gasteiger partial charge in [-0.3, -0.25) is 0 Å². The first kappa shape index (κ1) is 12.3. The zero-order chi connectivity index (χ0) is 12.0. The molecule has 0 fully saturated rings. The highest BCUT2D eigenvalue weighted by Gasteiger charge is 2.15. The molecule has 0 aliphatic carbocycles. The molecule has 2 aromatic heterocycles. The molecule has 16 heavy (non-hydrogen) atoms. The van der Waals surface area contributed by atoms with Gasteiger partial charge in [-0.2, -0.15) is 0 Å². The van der Waals surface area contributed by atoms with E-state index in [1.807, 2.05) is 0 Å². The standard InChI is InChI=1S/C8H6Br2N4S2/c9-1-3-4(14-7(11)5(1)15)2(10)6(16)8(12)13-3/h15-16H,(H2,12,13)(H2,11,14). The summed E-state index contributed by atoms with van der Waals surface area (Å²) in [4.78, 5) is 9.47. The molecule has 84 valence electrons. The third kappa shape index (κ3) is 1.77. The van der Waals surface area contributed by atoms with Gasteiger partial charge in [0.25, 0.3) is 0 Å².